The van der Waals surface area contributed by atoms with Gasteiger partial charge >= 0.3 is 11.1 Å². The molecule has 0 saturated carbocycles. The molecule has 2 aromatic carbocycles. The number of carbonyl (C=O) groups is 1. The van der Waals surface area contributed by atoms with Crippen LogP contribution in [-0.2, 0) is 24.1 Å². The molecule has 10 heteroatoms. The Morgan fingerprint density at radius 2 is 1.90 bits per heavy atom. The molecular weight excluding hydrogens is 392 g/mol. The molecule has 0 radical (unpaired) electrons. The molecular formula is C20H18N4O6. The van der Waals surface area contributed by atoms with E-state index in [9.17, 15) is 29.6 Å². The number of benzene rings is 2. The second-order valence-electron chi connectivity index (χ2n) is 7.15. The Labute approximate surface area is 168 Å². The summed E-state index contributed by atoms with van der Waals surface area (Å²) >= 11 is 0. The maximum Gasteiger partial charge on any atom is 0.335 e. The van der Waals surface area contributed by atoms with Crippen LogP contribution in [0.2, 0.25) is 0 Å². The van der Waals surface area contributed by atoms with Gasteiger partial charge in [0.05, 0.1) is 22.4 Å². The second kappa shape index (κ2) is 7.47. The van der Waals surface area contributed by atoms with Crippen LogP contribution in [0.4, 0.5) is 5.69 Å². The third-order valence-electron chi connectivity index (χ3n) is 5.24. The molecule has 1 aliphatic carbocycles. The first kappa shape index (κ1) is 19.4. The van der Waals surface area contributed by atoms with Crippen molar-refractivity contribution < 1.29 is 14.8 Å². The number of aryl methyl sites for hydroxylation is 1. The summed E-state index contributed by atoms with van der Waals surface area (Å²) in [5.74, 6) is -0.683. The third kappa shape index (κ3) is 3.32. The van der Waals surface area contributed by atoms with E-state index >= 15 is 0 Å². The van der Waals surface area contributed by atoms with Gasteiger partial charge in [-0.2, -0.15) is 0 Å². The number of nitrogens with zero attached hydrogens (tertiary/aromatic N) is 2. The standard InChI is InChI=1S/C20H18N4O6/c25-16-8-4-1-5-11(16)9-17(26)22-23-18-13-7-3-2-6-12(13)15(24(29)30)10-14(18)21-19(27)20(23)28/h1,4-5,8,10,25H,2-3,6-7,9H2,(H,21,27)(H,22,26). The van der Waals surface area contributed by atoms with Crippen LogP contribution in [0.5, 0.6) is 5.75 Å². The van der Waals surface area contributed by atoms with Crippen molar-refractivity contribution in [3.05, 3.63) is 77.8 Å². The van der Waals surface area contributed by atoms with Gasteiger partial charge in [-0.3, -0.25) is 29.9 Å². The largest absolute Gasteiger partial charge is 0.508 e. The van der Waals surface area contributed by atoms with Gasteiger partial charge in [0.1, 0.15) is 5.75 Å². The molecule has 3 aromatic rings. The minimum Gasteiger partial charge on any atom is -0.508 e. The van der Waals surface area contributed by atoms with Crippen LogP contribution in [0.1, 0.15) is 29.5 Å². The fourth-order valence-corrected chi connectivity index (χ4v) is 3.90. The van der Waals surface area contributed by atoms with Crippen LogP contribution in [0.3, 0.4) is 0 Å². The summed E-state index contributed by atoms with van der Waals surface area (Å²) in [7, 11) is 0. The lowest BCUT2D eigenvalue weighted by atomic mass is 9.89. The number of phenolic OH excluding ortho intramolecular Hbond substituents is 1. The maximum absolute atomic E-state index is 12.6. The summed E-state index contributed by atoms with van der Waals surface area (Å²) in [5.41, 5.74) is 2.12. The van der Waals surface area contributed by atoms with E-state index in [4.69, 9.17) is 0 Å². The Balaban J connectivity index is 1.87. The average molecular weight is 410 g/mol. The molecule has 3 N–H and O–H groups in total. The lowest BCUT2D eigenvalue weighted by Gasteiger charge is -2.20. The van der Waals surface area contributed by atoms with Gasteiger partial charge in [0.15, 0.2) is 0 Å². The van der Waals surface area contributed by atoms with Gasteiger partial charge < -0.3 is 10.1 Å². The zero-order valence-corrected chi connectivity index (χ0v) is 15.8. The summed E-state index contributed by atoms with van der Waals surface area (Å²) in [6.45, 7) is 0. The number of phenols is 1. The number of aromatic nitrogens is 2. The highest BCUT2D eigenvalue weighted by atomic mass is 16.6. The van der Waals surface area contributed by atoms with Crippen LogP contribution in [0.25, 0.3) is 11.0 Å². The van der Waals surface area contributed by atoms with Gasteiger partial charge in [0.2, 0.25) is 5.91 Å². The normalized spacial score (nSPS) is 13.1. The van der Waals surface area contributed by atoms with E-state index in [1.54, 1.807) is 18.2 Å². The quantitative estimate of drug-likeness (QED) is 0.337. The van der Waals surface area contributed by atoms with Crippen molar-refractivity contribution in [2.45, 2.75) is 32.1 Å². The molecule has 0 fully saturated rings. The predicted molar refractivity (Wildman–Crippen MR) is 108 cm³/mol. The van der Waals surface area contributed by atoms with Crippen LogP contribution in [0, 0.1) is 10.1 Å². The van der Waals surface area contributed by atoms with E-state index in [0.717, 1.165) is 17.5 Å². The number of aromatic amines is 1. The SMILES string of the molecule is O=C(Cc1ccccc1O)Nn1c(=O)c(=O)[nH]c2cc([N+](=O)[O-])c3c(c21)CCCC3. The molecule has 1 aromatic heterocycles. The number of nitro groups is 1. The van der Waals surface area contributed by atoms with Crippen molar-refractivity contribution in [3.8, 4) is 5.75 Å². The number of amides is 1. The number of aromatic hydroxyl groups is 1. The van der Waals surface area contributed by atoms with Crippen molar-refractivity contribution in [2.75, 3.05) is 5.43 Å². The Bertz CT molecular complexity index is 1310. The molecule has 154 valence electrons. The molecule has 1 amide bonds. The van der Waals surface area contributed by atoms with Gasteiger partial charge in [-0.05, 0) is 37.3 Å². The van der Waals surface area contributed by atoms with Crippen LogP contribution >= 0.6 is 0 Å². The van der Waals surface area contributed by atoms with E-state index < -0.39 is 21.9 Å². The third-order valence-corrected chi connectivity index (χ3v) is 5.24. The van der Waals surface area contributed by atoms with Gasteiger partial charge in [0, 0.05) is 17.2 Å². The summed E-state index contributed by atoms with van der Waals surface area (Å²) in [4.78, 5) is 50.7. The molecule has 0 spiro atoms. The molecule has 4 rings (SSSR count). The predicted octanol–water partition coefficient (Wildman–Crippen LogP) is 1.50. The van der Waals surface area contributed by atoms with E-state index in [1.807, 2.05) is 0 Å². The highest BCUT2D eigenvalue weighted by Crippen LogP contribution is 2.34. The van der Waals surface area contributed by atoms with E-state index in [2.05, 4.69) is 10.4 Å². The Morgan fingerprint density at radius 1 is 1.20 bits per heavy atom. The summed E-state index contributed by atoms with van der Waals surface area (Å²) in [6.07, 6.45) is 2.27. The first-order valence-corrected chi connectivity index (χ1v) is 9.41. The van der Waals surface area contributed by atoms with Gasteiger partial charge in [-0.15, -0.1) is 0 Å². The molecule has 0 bridgehead atoms. The summed E-state index contributed by atoms with van der Waals surface area (Å²) in [6, 6.07) is 7.51. The van der Waals surface area contributed by atoms with Gasteiger partial charge in [0.25, 0.3) is 5.69 Å². The summed E-state index contributed by atoms with van der Waals surface area (Å²) in [5, 5.41) is 21.4. The van der Waals surface area contributed by atoms with Gasteiger partial charge in [-0.1, -0.05) is 18.2 Å². The summed E-state index contributed by atoms with van der Waals surface area (Å²) < 4.78 is 0.865. The zero-order valence-electron chi connectivity index (χ0n) is 15.8. The van der Waals surface area contributed by atoms with Crippen molar-refractivity contribution in [1.29, 1.82) is 0 Å². The number of fused-ring (bicyclic) bond motifs is 3. The number of para-hydroxylation sites is 1. The van der Waals surface area contributed by atoms with E-state index in [1.165, 1.54) is 12.1 Å². The van der Waals surface area contributed by atoms with Crippen LogP contribution in [-0.4, -0.2) is 25.6 Å². The Kier molecular flexibility index (Phi) is 4.82. The minimum absolute atomic E-state index is 0.0660. The molecule has 0 unspecified atom stereocenters. The number of nitrogens with one attached hydrogen (secondary N) is 2. The van der Waals surface area contributed by atoms with Gasteiger partial charge in [-0.25, -0.2) is 4.68 Å². The lowest BCUT2D eigenvalue weighted by molar-refractivity contribution is -0.385. The highest BCUT2D eigenvalue weighted by molar-refractivity contribution is 5.90. The number of hydrogen-bond donors (Lipinski definition) is 3. The fourth-order valence-electron chi connectivity index (χ4n) is 3.90. The van der Waals surface area contributed by atoms with E-state index in [-0.39, 0.29) is 28.9 Å². The number of carbonyl (C=O) groups excluding carboxylic acids is 1. The average Bonchev–Trinajstić information content (AvgIpc) is 2.72. The number of rotatable bonds is 4. The second-order valence-corrected chi connectivity index (χ2v) is 7.15. The molecule has 1 aliphatic rings. The lowest BCUT2D eigenvalue weighted by Crippen LogP contribution is -2.43. The first-order valence-electron chi connectivity index (χ1n) is 9.41. The molecule has 10 nitrogen and oxygen atoms in total. The molecule has 0 saturated heterocycles. The smallest absolute Gasteiger partial charge is 0.335 e. The molecule has 30 heavy (non-hydrogen) atoms. The number of hydrogen-bond acceptors (Lipinski definition) is 6. The Hall–Kier alpha value is -3.95. The zero-order chi connectivity index (χ0) is 21.4. The molecule has 0 atom stereocenters. The first-order chi connectivity index (χ1) is 14.4. The van der Waals surface area contributed by atoms with Crippen molar-refractivity contribution >= 4 is 22.6 Å². The maximum atomic E-state index is 12.6. The Morgan fingerprint density at radius 3 is 2.60 bits per heavy atom. The van der Waals surface area contributed by atoms with Crippen molar-refractivity contribution in [2.24, 2.45) is 0 Å². The van der Waals surface area contributed by atoms with Crippen LogP contribution in [0.15, 0.2) is 39.9 Å². The number of H-pyrrole nitrogens is 1. The topological polar surface area (TPSA) is 147 Å². The fraction of sp³-hybridized carbons (Fsp3) is 0.250. The minimum atomic E-state index is -1.00. The van der Waals surface area contributed by atoms with E-state index in [0.29, 0.717) is 29.5 Å². The highest BCUT2D eigenvalue weighted by Gasteiger charge is 2.26. The monoisotopic (exact) mass is 410 g/mol. The molecule has 1 heterocycles. The van der Waals surface area contributed by atoms with Crippen molar-refractivity contribution in [3.63, 3.8) is 0 Å². The van der Waals surface area contributed by atoms with Crippen molar-refractivity contribution in [1.82, 2.24) is 9.66 Å². The number of nitro benzene ring substituents is 1. The molecule has 0 aliphatic heterocycles. The van der Waals surface area contributed by atoms with Crippen LogP contribution < -0.4 is 16.5 Å².